The van der Waals surface area contributed by atoms with Crippen molar-refractivity contribution in [3.63, 3.8) is 0 Å². The number of hydrogen-bond acceptors (Lipinski definition) is 5. The predicted molar refractivity (Wildman–Crippen MR) is 107 cm³/mol. The highest BCUT2D eigenvalue weighted by molar-refractivity contribution is 6.26. The van der Waals surface area contributed by atoms with Gasteiger partial charge in [-0.2, -0.15) is 0 Å². The zero-order chi connectivity index (χ0) is 19.8. The first kappa shape index (κ1) is 20.0. The van der Waals surface area contributed by atoms with Gasteiger partial charge in [-0.05, 0) is 30.7 Å². The molecule has 0 aliphatic heterocycles. The van der Waals surface area contributed by atoms with E-state index in [-0.39, 0.29) is 12.2 Å². The summed E-state index contributed by atoms with van der Waals surface area (Å²) in [5, 5.41) is 10.5. The standard InChI is InChI=1S/C22H23NO4/c1-4-27-22(26)20(21(25)17-8-6-5-7-9-17)19(24)15-12-16-10-13-18(14-11-16)23(2)3/h5-15,25H,4H2,1-3H3/b15-12+,21-20+. The quantitative estimate of drug-likeness (QED) is 0.265. The van der Waals surface area contributed by atoms with Crippen LogP contribution in [-0.4, -0.2) is 37.6 Å². The molecule has 140 valence electrons. The van der Waals surface area contributed by atoms with Crippen molar-refractivity contribution in [1.29, 1.82) is 0 Å². The van der Waals surface area contributed by atoms with Crippen LogP contribution in [0.5, 0.6) is 0 Å². The summed E-state index contributed by atoms with van der Waals surface area (Å²) in [6, 6.07) is 16.0. The number of hydrogen-bond donors (Lipinski definition) is 1. The van der Waals surface area contributed by atoms with Crippen LogP contribution in [0, 0.1) is 0 Å². The van der Waals surface area contributed by atoms with Crippen molar-refractivity contribution in [3.8, 4) is 0 Å². The molecule has 2 aromatic carbocycles. The molecule has 1 N–H and O–H groups in total. The highest BCUT2D eigenvalue weighted by Crippen LogP contribution is 2.19. The van der Waals surface area contributed by atoms with Gasteiger partial charge in [-0.3, -0.25) is 4.79 Å². The largest absolute Gasteiger partial charge is 0.506 e. The zero-order valence-corrected chi connectivity index (χ0v) is 15.7. The maximum absolute atomic E-state index is 12.6. The molecule has 2 aromatic rings. The van der Waals surface area contributed by atoms with Crippen LogP contribution < -0.4 is 4.90 Å². The second-order valence-corrected chi connectivity index (χ2v) is 5.99. The molecule has 0 fully saturated rings. The number of esters is 1. The topological polar surface area (TPSA) is 66.8 Å². The molecule has 0 amide bonds. The summed E-state index contributed by atoms with van der Waals surface area (Å²) >= 11 is 0. The fourth-order valence-corrected chi connectivity index (χ4v) is 2.40. The molecule has 5 nitrogen and oxygen atoms in total. The molecule has 0 saturated heterocycles. The monoisotopic (exact) mass is 365 g/mol. The molecular weight excluding hydrogens is 342 g/mol. The van der Waals surface area contributed by atoms with Crippen LogP contribution in [0.3, 0.4) is 0 Å². The highest BCUT2D eigenvalue weighted by atomic mass is 16.5. The molecule has 0 spiro atoms. The summed E-state index contributed by atoms with van der Waals surface area (Å²) in [4.78, 5) is 26.8. The Hall–Kier alpha value is -3.34. The molecule has 0 unspecified atom stereocenters. The maximum Gasteiger partial charge on any atom is 0.345 e. The van der Waals surface area contributed by atoms with E-state index in [0.717, 1.165) is 11.3 Å². The lowest BCUT2D eigenvalue weighted by atomic mass is 10.0. The van der Waals surface area contributed by atoms with E-state index in [0.29, 0.717) is 5.56 Å². The first-order chi connectivity index (χ1) is 12.9. The van der Waals surface area contributed by atoms with E-state index in [2.05, 4.69) is 0 Å². The number of aliphatic hydroxyl groups excluding tert-OH is 1. The van der Waals surface area contributed by atoms with E-state index in [9.17, 15) is 14.7 Å². The van der Waals surface area contributed by atoms with Crippen molar-refractivity contribution in [2.75, 3.05) is 25.6 Å². The van der Waals surface area contributed by atoms with Crippen molar-refractivity contribution in [1.82, 2.24) is 0 Å². The second-order valence-electron chi connectivity index (χ2n) is 5.99. The summed E-state index contributed by atoms with van der Waals surface area (Å²) in [6.07, 6.45) is 2.86. The van der Waals surface area contributed by atoms with Crippen LogP contribution in [-0.2, 0) is 14.3 Å². The van der Waals surface area contributed by atoms with Gasteiger partial charge in [0.05, 0.1) is 6.61 Å². The van der Waals surface area contributed by atoms with Gasteiger partial charge in [0.1, 0.15) is 11.3 Å². The minimum Gasteiger partial charge on any atom is -0.506 e. The second kappa shape index (κ2) is 9.38. The van der Waals surface area contributed by atoms with E-state index in [4.69, 9.17) is 4.74 Å². The fraction of sp³-hybridized carbons (Fsp3) is 0.182. The molecule has 0 atom stereocenters. The number of carbonyl (C=O) groups is 2. The minimum absolute atomic E-state index is 0.105. The lowest BCUT2D eigenvalue weighted by Gasteiger charge is -2.11. The minimum atomic E-state index is -0.851. The van der Waals surface area contributed by atoms with Crippen molar-refractivity contribution in [2.45, 2.75) is 6.92 Å². The molecule has 0 bridgehead atoms. The van der Waals surface area contributed by atoms with E-state index >= 15 is 0 Å². The summed E-state index contributed by atoms with van der Waals surface area (Å²) < 4.78 is 4.94. The number of benzene rings is 2. The summed E-state index contributed by atoms with van der Waals surface area (Å²) in [7, 11) is 3.88. The molecule has 0 saturated carbocycles. The summed E-state index contributed by atoms with van der Waals surface area (Å²) in [5.41, 5.74) is 1.82. The third-order valence-corrected chi connectivity index (χ3v) is 3.85. The number of ether oxygens (including phenoxy) is 1. The Morgan fingerprint density at radius 2 is 1.67 bits per heavy atom. The van der Waals surface area contributed by atoms with Crippen molar-refractivity contribution in [3.05, 3.63) is 77.4 Å². The number of nitrogens with zero attached hydrogens (tertiary/aromatic N) is 1. The molecule has 0 aromatic heterocycles. The van der Waals surface area contributed by atoms with Gasteiger partial charge in [0.2, 0.25) is 0 Å². The Labute approximate surface area is 159 Å². The average molecular weight is 365 g/mol. The first-order valence-corrected chi connectivity index (χ1v) is 8.59. The normalized spacial score (nSPS) is 11.8. The van der Waals surface area contributed by atoms with Gasteiger partial charge in [0.15, 0.2) is 5.78 Å². The Bertz CT molecular complexity index is 850. The van der Waals surface area contributed by atoms with Crippen LogP contribution in [0.4, 0.5) is 5.69 Å². The molecule has 5 heteroatoms. The number of allylic oxidation sites excluding steroid dienone is 1. The third-order valence-electron chi connectivity index (χ3n) is 3.85. The molecule has 27 heavy (non-hydrogen) atoms. The highest BCUT2D eigenvalue weighted by Gasteiger charge is 2.23. The summed E-state index contributed by atoms with van der Waals surface area (Å²) in [5.74, 6) is -1.87. The van der Waals surface area contributed by atoms with Gasteiger partial charge >= 0.3 is 5.97 Å². The van der Waals surface area contributed by atoms with Crippen molar-refractivity contribution in [2.24, 2.45) is 0 Å². The molecule has 2 rings (SSSR count). The lowest BCUT2D eigenvalue weighted by molar-refractivity contribution is -0.139. The van der Waals surface area contributed by atoms with Crippen LogP contribution >= 0.6 is 0 Å². The molecule has 0 radical (unpaired) electrons. The van der Waals surface area contributed by atoms with E-state index in [1.165, 1.54) is 6.08 Å². The van der Waals surface area contributed by atoms with Crippen LogP contribution in [0.15, 0.2) is 66.2 Å². The smallest absolute Gasteiger partial charge is 0.345 e. The van der Waals surface area contributed by atoms with Gasteiger partial charge in [0, 0.05) is 25.3 Å². The van der Waals surface area contributed by atoms with E-state index in [1.54, 1.807) is 43.3 Å². The average Bonchev–Trinajstić information content (AvgIpc) is 2.67. The number of rotatable bonds is 7. The summed E-state index contributed by atoms with van der Waals surface area (Å²) in [6.45, 7) is 1.75. The Kier molecular flexibility index (Phi) is 6.94. The zero-order valence-electron chi connectivity index (χ0n) is 15.7. The molecule has 0 aliphatic carbocycles. The van der Waals surface area contributed by atoms with Crippen molar-refractivity contribution >= 4 is 29.3 Å². The predicted octanol–water partition coefficient (Wildman–Crippen LogP) is 3.87. The first-order valence-electron chi connectivity index (χ1n) is 8.59. The fourth-order valence-electron chi connectivity index (χ4n) is 2.40. The molecular formula is C22H23NO4. The van der Waals surface area contributed by atoms with Crippen LogP contribution in [0.25, 0.3) is 11.8 Å². The molecule has 0 aliphatic rings. The Balaban J connectivity index is 2.32. The lowest BCUT2D eigenvalue weighted by Crippen LogP contribution is -2.16. The number of ketones is 1. The van der Waals surface area contributed by atoms with Gasteiger partial charge in [0.25, 0.3) is 0 Å². The number of carbonyl (C=O) groups excluding carboxylic acids is 2. The Morgan fingerprint density at radius 3 is 2.22 bits per heavy atom. The van der Waals surface area contributed by atoms with Gasteiger partial charge in [-0.15, -0.1) is 0 Å². The van der Waals surface area contributed by atoms with Gasteiger partial charge < -0.3 is 14.7 Å². The Morgan fingerprint density at radius 1 is 1.04 bits per heavy atom. The van der Waals surface area contributed by atoms with E-state index < -0.39 is 17.5 Å². The molecule has 0 heterocycles. The maximum atomic E-state index is 12.6. The number of anilines is 1. The van der Waals surface area contributed by atoms with E-state index in [1.807, 2.05) is 43.3 Å². The van der Waals surface area contributed by atoms with Crippen LogP contribution in [0.1, 0.15) is 18.1 Å². The van der Waals surface area contributed by atoms with Crippen molar-refractivity contribution < 1.29 is 19.4 Å². The third kappa shape index (κ3) is 5.31. The van der Waals surface area contributed by atoms with Gasteiger partial charge in [-0.25, -0.2) is 4.79 Å². The van der Waals surface area contributed by atoms with Crippen LogP contribution in [0.2, 0.25) is 0 Å². The number of aliphatic hydroxyl groups is 1. The SMILES string of the molecule is CCOC(=O)/C(C(=O)/C=C/c1ccc(N(C)C)cc1)=C(/O)c1ccccc1. The van der Waals surface area contributed by atoms with Gasteiger partial charge in [-0.1, -0.05) is 48.5 Å².